The first kappa shape index (κ1) is 12.7. The maximum atomic E-state index is 11.7. The van der Waals surface area contributed by atoms with Gasteiger partial charge >= 0.3 is 6.03 Å². The fraction of sp³-hybridized carbons (Fsp3) is 0.929. The monoisotopic (exact) mass is 237 g/mol. The smallest absolute Gasteiger partial charge is 0.323 e. The molecule has 1 aliphatic heterocycles. The first-order valence-corrected chi connectivity index (χ1v) is 7.32. The predicted molar refractivity (Wildman–Crippen MR) is 69.0 cm³/mol. The van der Waals surface area contributed by atoms with Gasteiger partial charge in [-0.05, 0) is 31.6 Å². The molecule has 3 nitrogen and oxygen atoms in total. The zero-order valence-corrected chi connectivity index (χ0v) is 10.9. The van der Waals surface area contributed by atoms with Crippen molar-refractivity contribution in [3.63, 3.8) is 0 Å². The molecule has 2 amide bonds. The van der Waals surface area contributed by atoms with E-state index in [0.717, 1.165) is 44.8 Å². The van der Waals surface area contributed by atoms with Crippen molar-refractivity contribution in [3.8, 4) is 0 Å². The molecule has 0 unspecified atom stereocenters. The molecule has 0 bridgehead atoms. The summed E-state index contributed by atoms with van der Waals surface area (Å²) in [5.74, 6) is 0.917. The molecule has 1 saturated heterocycles. The molecule has 2 aliphatic rings. The molecule has 0 atom stereocenters. The summed E-state index contributed by atoms with van der Waals surface area (Å²) < 4.78 is 0. The van der Waals surface area contributed by atoms with Gasteiger partial charge in [0, 0.05) is 19.6 Å². The highest BCUT2D eigenvalue weighted by Gasteiger charge is 2.18. The van der Waals surface area contributed by atoms with Crippen LogP contribution in [0.3, 0.4) is 0 Å². The molecular formula is C14H25N2O. The van der Waals surface area contributed by atoms with Gasteiger partial charge in [-0.15, -0.1) is 0 Å². The van der Waals surface area contributed by atoms with Gasteiger partial charge in [0.15, 0.2) is 0 Å². The molecule has 3 heteroatoms. The number of carbonyl (C=O) groups excluding carboxylic acids is 1. The Kier molecular flexibility index (Phi) is 5.14. The lowest BCUT2D eigenvalue weighted by Crippen LogP contribution is -2.34. The first-order chi connectivity index (χ1) is 8.36. The second-order valence-electron chi connectivity index (χ2n) is 5.50. The molecule has 0 aromatic rings. The van der Waals surface area contributed by atoms with Crippen LogP contribution < -0.4 is 5.32 Å². The normalized spacial score (nSPS) is 21.8. The lowest BCUT2D eigenvalue weighted by molar-refractivity contribution is 0.207. The van der Waals surface area contributed by atoms with Crippen molar-refractivity contribution in [1.29, 1.82) is 0 Å². The minimum atomic E-state index is 0.0335. The summed E-state index contributed by atoms with van der Waals surface area (Å²) in [5.41, 5.74) is 0. The molecule has 0 aromatic heterocycles. The van der Waals surface area contributed by atoms with Crippen molar-refractivity contribution < 1.29 is 4.79 Å². The van der Waals surface area contributed by atoms with Crippen LogP contribution in [0.1, 0.15) is 57.8 Å². The van der Waals surface area contributed by atoms with E-state index in [4.69, 9.17) is 0 Å². The zero-order chi connectivity index (χ0) is 11.9. The van der Waals surface area contributed by atoms with E-state index in [1.807, 2.05) is 4.90 Å². The van der Waals surface area contributed by atoms with Crippen LogP contribution >= 0.6 is 0 Å². The van der Waals surface area contributed by atoms with Gasteiger partial charge in [-0.25, -0.2) is 10.1 Å². The van der Waals surface area contributed by atoms with Crippen molar-refractivity contribution in [3.05, 3.63) is 0 Å². The lowest BCUT2D eigenvalue weighted by Gasteiger charge is -2.21. The van der Waals surface area contributed by atoms with Gasteiger partial charge in [0.2, 0.25) is 0 Å². The van der Waals surface area contributed by atoms with Crippen LogP contribution in [-0.4, -0.2) is 30.6 Å². The van der Waals surface area contributed by atoms with Crippen molar-refractivity contribution in [1.82, 2.24) is 10.2 Å². The molecular weight excluding hydrogens is 212 g/mol. The van der Waals surface area contributed by atoms with Gasteiger partial charge in [-0.3, -0.25) is 0 Å². The summed E-state index contributed by atoms with van der Waals surface area (Å²) in [4.78, 5) is 13.5. The number of nitrogens with zero attached hydrogens (tertiary/aromatic N) is 2. The number of amides is 2. The van der Waals surface area contributed by atoms with Crippen LogP contribution in [0.4, 0.5) is 4.79 Å². The molecule has 2 fully saturated rings. The van der Waals surface area contributed by atoms with Crippen LogP contribution in [0, 0.1) is 5.92 Å². The summed E-state index contributed by atoms with van der Waals surface area (Å²) in [6.45, 7) is 2.59. The summed E-state index contributed by atoms with van der Waals surface area (Å²) in [7, 11) is 0. The van der Waals surface area contributed by atoms with Crippen molar-refractivity contribution in [2.45, 2.75) is 57.8 Å². The van der Waals surface area contributed by atoms with Crippen molar-refractivity contribution in [2.24, 2.45) is 5.92 Å². The highest BCUT2D eigenvalue weighted by Crippen LogP contribution is 2.26. The molecule has 1 saturated carbocycles. The van der Waals surface area contributed by atoms with Gasteiger partial charge in [0.25, 0.3) is 0 Å². The fourth-order valence-electron chi connectivity index (χ4n) is 3.04. The third-order valence-corrected chi connectivity index (χ3v) is 4.12. The number of carbonyl (C=O) groups is 1. The summed E-state index contributed by atoms with van der Waals surface area (Å²) >= 11 is 0. The molecule has 0 spiro atoms. The topological polar surface area (TPSA) is 34.4 Å². The van der Waals surface area contributed by atoms with Crippen molar-refractivity contribution >= 4 is 6.03 Å². The Hall–Kier alpha value is -0.730. The second-order valence-corrected chi connectivity index (χ2v) is 5.50. The molecule has 1 aliphatic carbocycles. The molecule has 0 aromatic carbocycles. The van der Waals surface area contributed by atoms with Crippen LogP contribution in [0.5, 0.6) is 0 Å². The van der Waals surface area contributed by atoms with Crippen LogP contribution in [-0.2, 0) is 0 Å². The fourth-order valence-corrected chi connectivity index (χ4v) is 3.04. The maximum absolute atomic E-state index is 11.7. The minimum Gasteiger partial charge on any atom is -0.323 e. The molecule has 2 rings (SSSR count). The van der Waals surface area contributed by atoms with E-state index in [1.54, 1.807) is 0 Å². The Balaban J connectivity index is 1.51. The maximum Gasteiger partial charge on any atom is 0.338 e. The van der Waals surface area contributed by atoms with E-state index in [1.165, 1.54) is 38.5 Å². The van der Waals surface area contributed by atoms with Gasteiger partial charge in [0.1, 0.15) is 0 Å². The number of urea groups is 1. The van der Waals surface area contributed by atoms with E-state index in [9.17, 15) is 4.79 Å². The van der Waals surface area contributed by atoms with E-state index in [2.05, 4.69) is 5.32 Å². The third kappa shape index (κ3) is 4.21. The lowest BCUT2D eigenvalue weighted by atomic mass is 9.86. The SMILES string of the molecule is O=C([N]CCCC1CCCCC1)N1CCCC1. The predicted octanol–water partition coefficient (Wildman–Crippen LogP) is 3.17. The van der Waals surface area contributed by atoms with E-state index in [-0.39, 0.29) is 6.03 Å². The molecule has 1 heterocycles. The largest absolute Gasteiger partial charge is 0.338 e. The number of hydrogen-bond acceptors (Lipinski definition) is 1. The highest BCUT2D eigenvalue weighted by molar-refractivity contribution is 5.74. The van der Waals surface area contributed by atoms with Gasteiger partial charge in [-0.1, -0.05) is 32.1 Å². The molecule has 0 N–H and O–H groups in total. The quantitative estimate of drug-likeness (QED) is 0.692. The Labute approximate surface area is 105 Å². The van der Waals surface area contributed by atoms with Gasteiger partial charge in [-0.2, -0.15) is 0 Å². The van der Waals surface area contributed by atoms with Gasteiger partial charge in [0.05, 0.1) is 0 Å². The Morgan fingerprint density at radius 3 is 2.47 bits per heavy atom. The third-order valence-electron chi connectivity index (χ3n) is 4.12. The van der Waals surface area contributed by atoms with E-state index in [0.29, 0.717) is 0 Å². The minimum absolute atomic E-state index is 0.0335. The highest BCUT2D eigenvalue weighted by atomic mass is 16.2. The molecule has 97 valence electrons. The molecule has 1 radical (unpaired) electrons. The summed E-state index contributed by atoms with van der Waals surface area (Å²) in [5, 5.41) is 4.18. The summed E-state index contributed by atoms with van der Waals surface area (Å²) in [6.07, 6.45) is 11.7. The average molecular weight is 237 g/mol. The van der Waals surface area contributed by atoms with Gasteiger partial charge < -0.3 is 4.90 Å². The molecule has 17 heavy (non-hydrogen) atoms. The number of rotatable bonds is 4. The number of likely N-dealkylation sites (tertiary alicyclic amines) is 1. The average Bonchev–Trinajstić information content (AvgIpc) is 2.89. The Morgan fingerprint density at radius 1 is 1.06 bits per heavy atom. The van der Waals surface area contributed by atoms with Crippen molar-refractivity contribution in [2.75, 3.05) is 19.6 Å². The van der Waals surface area contributed by atoms with E-state index < -0.39 is 0 Å². The van der Waals surface area contributed by atoms with Crippen LogP contribution in [0.2, 0.25) is 0 Å². The summed E-state index contributed by atoms with van der Waals surface area (Å²) in [6, 6.07) is 0.0335. The first-order valence-electron chi connectivity index (χ1n) is 7.32. The second kappa shape index (κ2) is 6.87. The van der Waals surface area contributed by atoms with Crippen LogP contribution in [0.15, 0.2) is 0 Å². The Morgan fingerprint density at radius 2 is 1.76 bits per heavy atom. The van der Waals surface area contributed by atoms with Crippen LogP contribution in [0.25, 0.3) is 0 Å². The zero-order valence-electron chi connectivity index (χ0n) is 10.9. The number of hydrogen-bond donors (Lipinski definition) is 0. The Bertz CT molecular complexity index is 230. The van der Waals surface area contributed by atoms with E-state index >= 15 is 0 Å². The standard InChI is InChI=1S/C14H25N2O/c17-14(16-11-4-5-12-16)15-10-6-9-13-7-2-1-3-8-13/h13H,1-12H2.